The summed E-state index contributed by atoms with van der Waals surface area (Å²) in [5.74, 6) is 1.73. The SMILES string of the molecule is O=C(c1n[nH]c(C2CC2)n1)N1CCC2CCC(C1)N2. The van der Waals surface area contributed by atoms with Gasteiger partial charge in [-0.1, -0.05) is 0 Å². The third kappa shape index (κ3) is 2.14. The van der Waals surface area contributed by atoms with Gasteiger partial charge in [0, 0.05) is 31.1 Å². The van der Waals surface area contributed by atoms with Gasteiger partial charge in [-0.15, -0.1) is 5.10 Å². The Labute approximate surface area is 112 Å². The zero-order valence-electron chi connectivity index (χ0n) is 10.9. The molecular formula is C13H19N5O. The number of aromatic nitrogens is 3. The molecule has 0 spiro atoms. The van der Waals surface area contributed by atoms with Gasteiger partial charge in [-0.2, -0.15) is 0 Å². The molecule has 1 amide bonds. The number of fused-ring (bicyclic) bond motifs is 2. The molecular weight excluding hydrogens is 242 g/mol. The molecule has 6 nitrogen and oxygen atoms in total. The average molecular weight is 261 g/mol. The maximum absolute atomic E-state index is 12.4. The normalized spacial score (nSPS) is 30.4. The van der Waals surface area contributed by atoms with Gasteiger partial charge < -0.3 is 10.2 Å². The Morgan fingerprint density at radius 3 is 2.84 bits per heavy atom. The lowest BCUT2D eigenvalue weighted by Gasteiger charge is -2.22. The van der Waals surface area contributed by atoms with Crippen LogP contribution in [0.2, 0.25) is 0 Å². The summed E-state index contributed by atoms with van der Waals surface area (Å²) in [6, 6.07) is 1.05. The maximum atomic E-state index is 12.4. The fraction of sp³-hybridized carbons (Fsp3) is 0.769. The minimum Gasteiger partial charge on any atom is -0.334 e. The van der Waals surface area contributed by atoms with Crippen molar-refractivity contribution in [3.05, 3.63) is 11.6 Å². The third-order valence-corrected chi connectivity index (χ3v) is 4.47. The smallest absolute Gasteiger partial charge is 0.293 e. The first-order chi connectivity index (χ1) is 9.29. The molecule has 3 heterocycles. The molecule has 102 valence electrons. The van der Waals surface area contributed by atoms with E-state index in [1.54, 1.807) is 0 Å². The van der Waals surface area contributed by atoms with Crippen LogP contribution in [0.25, 0.3) is 0 Å². The molecule has 4 rings (SSSR count). The van der Waals surface area contributed by atoms with Gasteiger partial charge in [0.2, 0.25) is 5.82 Å². The van der Waals surface area contributed by atoms with Gasteiger partial charge in [-0.05, 0) is 32.1 Å². The topological polar surface area (TPSA) is 73.9 Å². The highest BCUT2D eigenvalue weighted by Gasteiger charge is 2.33. The van der Waals surface area contributed by atoms with E-state index < -0.39 is 0 Å². The fourth-order valence-electron chi connectivity index (χ4n) is 3.18. The van der Waals surface area contributed by atoms with Crippen LogP contribution in [0.5, 0.6) is 0 Å². The molecule has 6 heteroatoms. The first-order valence-electron chi connectivity index (χ1n) is 7.27. The fourth-order valence-corrected chi connectivity index (χ4v) is 3.18. The number of rotatable bonds is 2. The molecule has 2 saturated heterocycles. The summed E-state index contributed by atoms with van der Waals surface area (Å²) in [4.78, 5) is 18.7. The number of carbonyl (C=O) groups is 1. The molecule has 2 N–H and O–H groups in total. The minimum absolute atomic E-state index is 0.0162. The van der Waals surface area contributed by atoms with Crippen LogP contribution in [0.15, 0.2) is 0 Å². The number of amides is 1. The Hall–Kier alpha value is -1.43. The Balaban J connectivity index is 1.49. The second-order valence-electron chi connectivity index (χ2n) is 6.00. The lowest BCUT2D eigenvalue weighted by Crippen LogP contribution is -2.39. The molecule has 1 aromatic heterocycles. The molecule has 2 bridgehead atoms. The number of hydrogen-bond donors (Lipinski definition) is 2. The van der Waals surface area contributed by atoms with Crippen molar-refractivity contribution in [1.82, 2.24) is 25.4 Å². The van der Waals surface area contributed by atoms with Crippen molar-refractivity contribution in [1.29, 1.82) is 0 Å². The van der Waals surface area contributed by atoms with E-state index in [-0.39, 0.29) is 5.91 Å². The second-order valence-corrected chi connectivity index (χ2v) is 6.00. The van der Waals surface area contributed by atoms with E-state index in [2.05, 4.69) is 20.5 Å². The van der Waals surface area contributed by atoms with Crippen molar-refractivity contribution < 1.29 is 4.79 Å². The monoisotopic (exact) mass is 261 g/mol. The third-order valence-electron chi connectivity index (χ3n) is 4.47. The van der Waals surface area contributed by atoms with Crippen molar-refractivity contribution in [2.75, 3.05) is 13.1 Å². The van der Waals surface area contributed by atoms with E-state index in [1.165, 1.54) is 25.7 Å². The Bertz CT molecular complexity index is 495. The Morgan fingerprint density at radius 2 is 2.00 bits per heavy atom. The van der Waals surface area contributed by atoms with Crippen LogP contribution >= 0.6 is 0 Å². The predicted octanol–water partition coefficient (Wildman–Crippen LogP) is 0.649. The van der Waals surface area contributed by atoms with E-state index in [0.717, 1.165) is 25.3 Å². The Kier molecular flexibility index (Phi) is 2.58. The number of nitrogens with one attached hydrogen (secondary N) is 2. The summed E-state index contributed by atoms with van der Waals surface area (Å²) in [6.07, 6.45) is 5.80. The zero-order chi connectivity index (χ0) is 12.8. The van der Waals surface area contributed by atoms with Crippen LogP contribution < -0.4 is 5.32 Å². The van der Waals surface area contributed by atoms with Gasteiger partial charge in [0.05, 0.1) is 0 Å². The number of likely N-dealkylation sites (tertiary alicyclic amines) is 1. The number of aromatic amines is 1. The molecule has 3 aliphatic rings. The van der Waals surface area contributed by atoms with Crippen molar-refractivity contribution in [3.8, 4) is 0 Å². The number of H-pyrrole nitrogens is 1. The second kappa shape index (κ2) is 4.30. The summed E-state index contributed by atoms with van der Waals surface area (Å²) in [5, 5.41) is 10.6. The number of nitrogens with zero attached hydrogens (tertiary/aromatic N) is 3. The largest absolute Gasteiger partial charge is 0.334 e. The molecule has 3 fully saturated rings. The number of hydrogen-bond acceptors (Lipinski definition) is 4. The lowest BCUT2D eigenvalue weighted by atomic mass is 10.1. The van der Waals surface area contributed by atoms with Crippen LogP contribution in [-0.4, -0.2) is 51.2 Å². The van der Waals surface area contributed by atoms with Crippen molar-refractivity contribution >= 4 is 5.91 Å². The molecule has 2 aliphatic heterocycles. The highest BCUT2D eigenvalue weighted by molar-refractivity contribution is 5.90. The van der Waals surface area contributed by atoms with E-state index in [9.17, 15) is 4.79 Å². The van der Waals surface area contributed by atoms with Crippen molar-refractivity contribution in [3.63, 3.8) is 0 Å². The van der Waals surface area contributed by atoms with Gasteiger partial charge in [0.15, 0.2) is 0 Å². The van der Waals surface area contributed by atoms with Crippen molar-refractivity contribution in [2.24, 2.45) is 0 Å². The summed E-state index contributed by atoms with van der Waals surface area (Å²) in [6.45, 7) is 1.61. The standard InChI is InChI=1S/C13H19N5O/c19-13(12-15-11(16-17-12)8-1-2-8)18-6-5-9-3-4-10(7-18)14-9/h8-10,14H,1-7H2,(H,15,16,17). The Morgan fingerprint density at radius 1 is 1.16 bits per heavy atom. The van der Waals surface area contributed by atoms with Crippen LogP contribution in [0.3, 0.4) is 0 Å². The van der Waals surface area contributed by atoms with E-state index in [1.807, 2.05) is 4.90 Å². The van der Waals surface area contributed by atoms with Gasteiger partial charge in [-0.25, -0.2) is 4.98 Å². The first-order valence-corrected chi connectivity index (χ1v) is 7.27. The molecule has 1 aliphatic carbocycles. The number of carbonyl (C=O) groups excluding carboxylic acids is 1. The van der Waals surface area contributed by atoms with Crippen LogP contribution in [0, 0.1) is 0 Å². The molecule has 0 aromatic carbocycles. The molecule has 2 unspecified atom stereocenters. The molecule has 2 atom stereocenters. The molecule has 19 heavy (non-hydrogen) atoms. The van der Waals surface area contributed by atoms with Gasteiger partial charge in [0.25, 0.3) is 5.91 Å². The van der Waals surface area contributed by atoms with Crippen LogP contribution in [0.4, 0.5) is 0 Å². The zero-order valence-corrected chi connectivity index (χ0v) is 10.9. The van der Waals surface area contributed by atoms with E-state index >= 15 is 0 Å². The quantitative estimate of drug-likeness (QED) is 0.819. The van der Waals surface area contributed by atoms with Gasteiger partial charge >= 0.3 is 0 Å². The van der Waals surface area contributed by atoms with Crippen LogP contribution in [-0.2, 0) is 0 Å². The highest BCUT2D eigenvalue weighted by Crippen LogP contribution is 2.37. The maximum Gasteiger partial charge on any atom is 0.293 e. The van der Waals surface area contributed by atoms with Gasteiger partial charge in [-0.3, -0.25) is 9.89 Å². The highest BCUT2D eigenvalue weighted by atomic mass is 16.2. The van der Waals surface area contributed by atoms with Gasteiger partial charge in [0.1, 0.15) is 5.82 Å². The van der Waals surface area contributed by atoms with Crippen molar-refractivity contribution in [2.45, 2.75) is 50.1 Å². The van der Waals surface area contributed by atoms with E-state index in [0.29, 0.717) is 23.8 Å². The predicted molar refractivity (Wildman–Crippen MR) is 68.8 cm³/mol. The minimum atomic E-state index is -0.0162. The first kappa shape index (κ1) is 11.4. The lowest BCUT2D eigenvalue weighted by molar-refractivity contribution is 0.0736. The summed E-state index contributed by atoms with van der Waals surface area (Å²) >= 11 is 0. The summed E-state index contributed by atoms with van der Waals surface area (Å²) in [5.41, 5.74) is 0. The average Bonchev–Trinajstić information content (AvgIpc) is 3.02. The van der Waals surface area contributed by atoms with E-state index in [4.69, 9.17) is 0 Å². The van der Waals surface area contributed by atoms with Crippen LogP contribution in [0.1, 0.15) is 54.5 Å². The molecule has 0 radical (unpaired) electrons. The summed E-state index contributed by atoms with van der Waals surface area (Å²) in [7, 11) is 0. The summed E-state index contributed by atoms with van der Waals surface area (Å²) < 4.78 is 0. The molecule has 1 aromatic rings. The molecule has 1 saturated carbocycles.